The summed E-state index contributed by atoms with van der Waals surface area (Å²) in [4.78, 5) is 9.31. The van der Waals surface area contributed by atoms with Crippen LogP contribution in [0.4, 0.5) is 23.1 Å². The number of hydrogen-bond acceptors (Lipinski definition) is 6. The molecule has 0 amide bonds. The lowest BCUT2D eigenvalue weighted by Gasteiger charge is -2.36. The van der Waals surface area contributed by atoms with E-state index >= 15 is 0 Å². The van der Waals surface area contributed by atoms with Gasteiger partial charge in [-0.1, -0.05) is 24.3 Å². The molecule has 1 aliphatic heterocycles. The topological polar surface area (TPSA) is 57.2 Å². The maximum Gasteiger partial charge on any atom is 0.247 e. The fourth-order valence-corrected chi connectivity index (χ4v) is 3.49. The largest absolute Gasteiger partial charge is 0.368 e. The van der Waals surface area contributed by atoms with Crippen molar-refractivity contribution in [1.29, 1.82) is 0 Å². The van der Waals surface area contributed by atoms with Crippen molar-refractivity contribution in [2.45, 2.75) is 20.8 Å². The van der Waals surface area contributed by atoms with Crippen LogP contribution < -0.4 is 15.1 Å². The van der Waals surface area contributed by atoms with Gasteiger partial charge in [-0.3, -0.25) is 0 Å². The molecule has 1 N–H and O–H groups in total. The van der Waals surface area contributed by atoms with Crippen LogP contribution in [0.5, 0.6) is 0 Å². The van der Waals surface area contributed by atoms with Crippen molar-refractivity contribution in [2.75, 3.05) is 41.3 Å². The molecule has 1 fully saturated rings. The Morgan fingerprint density at radius 2 is 1.61 bits per heavy atom. The maximum atomic E-state index is 4.70. The first-order valence-electron chi connectivity index (χ1n) is 9.69. The molecular formula is C22H26N6. The molecule has 2 heterocycles. The van der Waals surface area contributed by atoms with Crippen molar-refractivity contribution in [3.8, 4) is 0 Å². The summed E-state index contributed by atoms with van der Waals surface area (Å²) < 4.78 is 0. The number of nitrogens with one attached hydrogen (secondary N) is 1. The smallest absolute Gasteiger partial charge is 0.247 e. The predicted octanol–water partition coefficient (Wildman–Crippen LogP) is 3.87. The van der Waals surface area contributed by atoms with Gasteiger partial charge in [0.1, 0.15) is 0 Å². The first-order valence-corrected chi connectivity index (χ1v) is 9.69. The van der Waals surface area contributed by atoms with Crippen LogP contribution in [0.25, 0.3) is 0 Å². The molecule has 3 aromatic rings. The van der Waals surface area contributed by atoms with Crippen molar-refractivity contribution in [1.82, 2.24) is 15.2 Å². The minimum absolute atomic E-state index is 0.680. The van der Waals surface area contributed by atoms with E-state index < -0.39 is 0 Å². The molecule has 4 rings (SSSR count). The van der Waals surface area contributed by atoms with Crippen molar-refractivity contribution >= 4 is 23.1 Å². The van der Waals surface area contributed by atoms with E-state index in [-0.39, 0.29) is 0 Å². The zero-order chi connectivity index (χ0) is 19.5. The SMILES string of the molecule is Cc1cccc(N2CCN(c3nncc(Nc4cc(C)ccc4C)n3)CC2)c1. The van der Waals surface area contributed by atoms with E-state index in [2.05, 4.69) is 88.5 Å². The van der Waals surface area contributed by atoms with Gasteiger partial charge in [0.15, 0.2) is 5.82 Å². The molecule has 0 unspecified atom stereocenters. The molecule has 0 spiro atoms. The molecule has 0 atom stereocenters. The molecular weight excluding hydrogens is 348 g/mol. The first kappa shape index (κ1) is 18.2. The summed E-state index contributed by atoms with van der Waals surface area (Å²) in [5.74, 6) is 1.40. The van der Waals surface area contributed by atoms with E-state index in [4.69, 9.17) is 4.98 Å². The zero-order valence-corrected chi connectivity index (χ0v) is 16.7. The van der Waals surface area contributed by atoms with E-state index in [1.165, 1.54) is 22.4 Å². The quantitative estimate of drug-likeness (QED) is 0.748. The van der Waals surface area contributed by atoms with Crippen LogP contribution in [0.3, 0.4) is 0 Å². The zero-order valence-electron chi connectivity index (χ0n) is 16.7. The third kappa shape index (κ3) is 4.06. The number of hydrogen-bond donors (Lipinski definition) is 1. The van der Waals surface area contributed by atoms with Crippen LogP contribution in [0.1, 0.15) is 16.7 Å². The summed E-state index contributed by atoms with van der Waals surface area (Å²) in [6, 6.07) is 15.0. The monoisotopic (exact) mass is 374 g/mol. The lowest BCUT2D eigenvalue weighted by atomic mass is 10.1. The summed E-state index contributed by atoms with van der Waals surface area (Å²) >= 11 is 0. The summed E-state index contributed by atoms with van der Waals surface area (Å²) in [5, 5.41) is 11.8. The summed E-state index contributed by atoms with van der Waals surface area (Å²) in [6.45, 7) is 9.95. The fourth-order valence-electron chi connectivity index (χ4n) is 3.49. The standard InChI is InChI=1S/C22H26N6/c1-16-5-4-6-19(13-16)27-9-11-28(12-10-27)22-25-21(15-23-26-22)24-20-14-17(2)7-8-18(20)3/h4-8,13-15H,9-12H2,1-3H3,(H,24,25,26). The summed E-state index contributed by atoms with van der Waals surface area (Å²) in [7, 11) is 0. The maximum absolute atomic E-state index is 4.70. The van der Waals surface area contributed by atoms with Crippen LogP contribution in [0, 0.1) is 20.8 Å². The fraction of sp³-hybridized carbons (Fsp3) is 0.318. The molecule has 1 aromatic heterocycles. The van der Waals surface area contributed by atoms with Crippen LogP contribution in [-0.2, 0) is 0 Å². The van der Waals surface area contributed by atoms with Gasteiger partial charge >= 0.3 is 0 Å². The Morgan fingerprint density at radius 1 is 0.857 bits per heavy atom. The highest BCUT2D eigenvalue weighted by molar-refractivity contribution is 5.61. The normalized spacial score (nSPS) is 14.2. The Morgan fingerprint density at radius 3 is 2.39 bits per heavy atom. The van der Waals surface area contributed by atoms with Crippen molar-refractivity contribution in [3.05, 3.63) is 65.4 Å². The molecule has 0 bridgehead atoms. The molecule has 0 saturated carbocycles. The third-order valence-corrected chi connectivity index (χ3v) is 5.13. The number of aromatic nitrogens is 3. The number of anilines is 4. The summed E-state index contributed by atoms with van der Waals surface area (Å²) in [6.07, 6.45) is 1.67. The van der Waals surface area contributed by atoms with E-state index in [0.29, 0.717) is 5.95 Å². The van der Waals surface area contributed by atoms with Crippen LogP contribution >= 0.6 is 0 Å². The van der Waals surface area contributed by atoms with Crippen LogP contribution in [-0.4, -0.2) is 41.4 Å². The Bertz CT molecular complexity index is 963. The van der Waals surface area contributed by atoms with Crippen molar-refractivity contribution < 1.29 is 0 Å². The molecule has 0 aliphatic carbocycles. The van der Waals surface area contributed by atoms with Gasteiger partial charge in [-0.05, 0) is 55.7 Å². The van der Waals surface area contributed by atoms with Gasteiger partial charge in [0.05, 0.1) is 6.20 Å². The molecule has 144 valence electrons. The number of piperazine rings is 1. The van der Waals surface area contributed by atoms with Crippen LogP contribution in [0.2, 0.25) is 0 Å². The number of nitrogens with zero attached hydrogens (tertiary/aromatic N) is 5. The van der Waals surface area contributed by atoms with E-state index in [0.717, 1.165) is 37.7 Å². The molecule has 1 saturated heterocycles. The van der Waals surface area contributed by atoms with Gasteiger partial charge in [0.25, 0.3) is 0 Å². The van der Waals surface area contributed by atoms with Gasteiger partial charge in [0, 0.05) is 37.6 Å². The van der Waals surface area contributed by atoms with Gasteiger partial charge in [0.2, 0.25) is 5.95 Å². The summed E-state index contributed by atoms with van der Waals surface area (Å²) in [5.41, 5.74) is 6.01. The molecule has 28 heavy (non-hydrogen) atoms. The lowest BCUT2D eigenvalue weighted by Crippen LogP contribution is -2.47. The molecule has 2 aromatic carbocycles. The van der Waals surface area contributed by atoms with Crippen LogP contribution in [0.15, 0.2) is 48.7 Å². The minimum atomic E-state index is 0.680. The number of rotatable bonds is 4. The average Bonchev–Trinajstić information content (AvgIpc) is 2.71. The van der Waals surface area contributed by atoms with E-state index in [9.17, 15) is 0 Å². The molecule has 1 aliphatic rings. The highest BCUT2D eigenvalue weighted by Crippen LogP contribution is 2.22. The number of benzene rings is 2. The lowest BCUT2D eigenvalue weighted by molar-refractivity contribution is 0.635. The Kier molecular flexibility index (Phi) is 5.10. The van der Waals surface area contributed by atoms with Gasteiger partial charge in [-0.25, -0.2) is 0 Å². The highest BCUT2D eigenvalue weighted by atomic mass is 15.4. The molecule has 0 radical (unpaired) electrons. The van der Waals surface area contributed by atoms with Gasteiger partial charge in [-0.15, -0.1) is 5.10 Å². The Labute approximate surface area is 166 Å². The van der Waals surface area contributed by atoms with Crippen molar-refractivity contribution in [3.63, 3.8) is 0 Å². The second kappa shape index (κ2) is 7.84. The predicted molar refractivity (Wildman–Crippen MR) is 115 cm³/mol. The third-order valence-electron chi connectivity index (χ3n) is 5.13. The first-order chi connectivity index (χ1) is 13.6. The van der Waals surface area contributed by atoms with E-state index in [1.807, 2.05) is 0 Å². The highest BCUT2D eigenvalue weighted by Gasteiger charge is 2.20. The van der Waals surface area contributed by atoms with E-state index in [1.54, 1.807) is 6.20 Å². The van der Waals surface area contributed by atoms with Gasteiger partial charge < -0.3 is 15.1 Å². The number of aryl methyl sites for hydroxylation is 3. The van der Waals surface area contributed by atoms with Crippen molar-refractivity contribution in [2.24, 2.45) is 0 Å². The Balaban J connectivity index is 1.44. The van der Waals surface area contributed by atoms with Gasteiger partial charge in [-0.2, -0.15) is 10.1 Å². The molecule has 6 nitrogen and oxygen atoms in total. The Hall–Kier alpha value is -3.15. The minimum Gasteiger partial charge on any atom is -0.368 e. The second-order valence-electron chi connectivity index (χ2n) is 7.40. The average molecular weight is 374 g/mol. The molecule has 6 heteroatoms. The second-order valence-corrected chi connectivity index (χ2v) is 7.40.